The van der Waals surface area contributed by atoms with Crippen LogP contribution in [-0.4, -0.2) is 15.8 Å². The minimum atomic E-state index is -0.300. The van der Waals surface area contributed by atoms with Crippen LogP contribution in [-0.2, 0) is 24.3 Å². The molecule has 0 fully saturated rings. The number of hydrogen-bond donors (Lipinski definition) is 1. The lowest BCUT2D eigenvalue weighted by molar-refractivity contribution is -0.115. The topological polar surface area (TPSA) is 45.2 Å². The molecule has 4 rings (SSSR count). The Balaban J connectivity index is 1.41. The van der Waals surface area contributed by atoms with E-state index >= 15 is 0 Å². The Labute approximate surface area is 174 Å². The fraction of sp³-hybridized carbons (Fsp3) is 0.304. The summed E-state index contributed by atoms with van der Waals surface area (Å²) in [5.41, 5.74) is 4.44. The predicted octanol–water partition coefficient (Wildman–Crippen LogP) is 5.24. The lowest BCUT2D eigenvalue weighted by Crippen LogP contribution is -2.22. The summed E-state index contributed by atoms with van der Waals surface area (Å²) in [6.45, 7) is 6.03. The van der Waals surface area contributed by atoms with E-state index in [1.54, 1.807) is 23.5 Å². The van der Waals surface area contributed by atoms with E-state index in [-0.39, 0.29) is 24.2 Å². The second kappa shape index (κ2) is 8.43. The number of aryl methyl sites for hydroxylation is 1. The summed E-state index contributed by atoms with van der Waals surface area (Å²) in [6.07, 6.45) is 1.19. The zero-order valence-electron chi connectivity index (χ0n) is 16.6. The summed E-state index contributed by atoms with van der Waals surface area (Å²) in [6, 6.07) is 14.9. The molecule has 6 heteroatoms. The second-order valence-electron chi connectivity index (χ2n) is 7.49. The number of rotatable bonds is 6. The molecular weight excluding hydrogens is 385 g/mol. The average Bonchev–Trinajstić information content (AvgIpc) is 3.21. The number of carbonyl (C=O) groups excluding carboxylic acids is 1. The summed E-state index contributed by atoms with van der Waals surface area (Å²) in [7, 11) is 0. The highest BCUT2D eigenvalue weighted by molar-refractivity contribution is 7.15. The van der Waals surface area contributed by atoms with Crippen LogP contribution in [0.1, 0.15) is 46.6 Å². The average molecular weight is 410 g/mol. The zero-order chi connectivity index (χ0) is 20.4. The molecule has 0 unspecified atom stereocenters. The van der Waals surface area contributed by atoms with Crippen molar-refractivity contribution in [3.05, 3.63) is 81.6 Å². The molecular formula is C23H24FN3OS. The Hall–Kier alpha value is -2.57. The van der Waals surface area contributed by atoms with E-state index in [2.05, 4.69) is 48.3 Å². The van der Waals surface area contributed by atoms with Gasteiger partial charge in [0, 0.05) is 18.0 Å². The number of nitrogens with one attached hydrogen (secondary N) is 1. The maximum atomic E-state index is 13.0. The van der Waals surface area contributed by atoms with Gasteiger partial charge >= 0.3 is 0 Å². The number of thiazole rings is 1. The van der Waals surface area contributed by atoms with Crippen LogP contribution in [0.15, 0.2) is 48.5 Å². The van der Waals surface area contributed by atoms with Crippen LogP contribution in [0.5, 0.6) is 0 Å². The fourth-order valence-electron chi connectivity index (χ4n) is 3.75. The van der Waals surface area contributed by atoms with Crippen molar-refractivity contribution in [2.45, 2.75) is 45.8 Å². The first-order valence-corrected chi connectivity index (χ1v) is 10.7. The summed E-state index contributed by atoms with van der Waals surface area (Å²) < 4.78 is 13.0. The van der Waals surface area contributed by atoms with E-state index in [1.165, 1.54) is 28.1 Å². The molecule has 1 N–H and O–H groups in total. The molecule has 0 bridgehead atoms. The maximum Gasteiger partial charge on any atom is 0.230 e. The van der Waals surface area contributed by atoms with Gasteiger partial charge in [-0.25, -0.2) is 9.37 Å². The molecule has 0 saturated carbocycles. The number of nitrogens with zero attached hydrogens (tertiary/aromatic N) is 2. The number of amides is 1. The van der Waals surface area contributed by atoms with E-state index in [4.69, 9.17) is 4.98 Å². The first-order valence-electron chi connectivity index (χ1n) is 9.85. The highest BCUT2D eigenvalue weighted by atomic mass is 32.1. The van der Waals surface area contributed by atoms with Crippen molar-refractivity contribution in [1.82, 2.24) is 9.88 Å². The smallest absolute Gasteiger partial charge is 0.230 e. The van der Waals surface area contributed by atoms with E-state index < -0.39 is 0 Å². The standard InChI is InChI=1S/C23H24FN3OS/c1-3-19-22-20(14-27(19)13-17-6-4-15(2)5-7-17)29-23(26-22)25-21(28)12-16-8-10-18(24)11-9-16/h4-11,19H,3,12-14H2,1-2H3,(H,25,26,28)/t19-/m0/s1. The molecule has 0 saturated heterocycles. The molecule has 1 aliphatic rings. The molecule has 1 aromatic heterocycles. The highest BCUT2D eigenvalue weighted by Gasteiger charge is 2.33. The minimum Gasteiger partial charge on any atom is -0.302 e. The molecule has 0 aliphatic carbocycles. The monoisotopic (exact) mass is 409 g/mol. The van der Waals surface area contributed by atoms with Gasteiger partial charge in [-0.3, -0.25) is 9.69 Å². The van der Waals surface area contributed by atoms with Gasteiger partial charge in [0.1, 0.15) is 5.82 Å². The SMILES string of the molecule is CC[C@H]1c2nc(NC(=O)Cc3ccc(F)cc3)sc2CN1Cc1ccc(C)cc1. The Bertz CT molecular complexity index is 998. The molecule has 2 heterocycles. The molecule has 1 atom stereocenters. The second-order valence-corrected chi connectivity index (χ2v) is 8.58. The van der Waals surface area contributed by atoms with Crippen LogP contribution >= 0.6 is 11.3 Å². The summed E-state index contributed by atoms with van der Waals surface area (Å²) in [5, 5.41) is 3.55. The number of fused-ring (bicyclic) bond motifs is 1. The van der Waals surface area contributed by atoms with Crippen molar-refractivity contribution >= 4 is 22.4 Å². The number of halogens is 1. The van der Waals surface area contributed by atoms with Gasteiger partial charge in [-0.2, -0.15) is 0 Å². The quantitative estimate of drug-likeness (QED) is 0.606. The lowest BCUT2D eigenvalue weighted by Gasteiger charge is -2.23. The highest BCUT2D eigenvalue weighted by Crippen LogP contribution is 2.41. The van der Waals surface area contributed by atoms with Gasteiger partial charge in [0.05, 0.1) is 18.2 Å². The molecule has 29 heavy (non-hydrogen) atoms. The van der Waals surface area contributed by atoms with Gasteiger partial charge in [-0.1, -0.05) is 48.9 Å². The van der Waals surface area contributed by atoms with Crippen LogP contribution in [0.2, 0.25) is 0 Å². The minimum absolute atomic E-state index is 0.131. The Morgan fingerprint density at radius 2 is 1.86 bits per heavy atom. The molecule has 0 spiro atoms. The van der Waals surface area contributed by atoms with Crippen molar-refractivity contribution in [3.8, 4) is 0 Å². The van der Waals surface area contributed by atoms with Gasteiger partial charge in [0.2, 0.25) is 5.91 Å². The van der Waals surface area contributed by atoms with Crippen molar-refractivity contribution in [2.75, 3.05) is 5.32 Å². The lowest BCUT2D eigenvalue weighted by atomic mass is 10.1. The Kier molecular flexibility index (Phi) is 5.74. The third kappa shape index (κ3) is 4.54. The summed E-state index contributed by atoms with van der Waals surface area (Å²) in [5.74, 6) is -0.431. The van der Waals surface area contributed by atoms with E-state index in [9.17, 15) is 9.18 Å². The van der Waals surface area contributed by atoms with Gasteiger partial charge in [0.15, 0.2) is 5.13 Å². The molecule has 1 aliphatic heterocycles. The number of carbonyl (C=O) groups is 1. The summed E-state index contributed by atoms with van der Waals surface area (Å²) >= 11 is 1.55. The van der Waals surface area contributed by atoms with Crippen LogP contribution in [0.3, 0.4) is 0 Å². The first-order chi connectivity index (χ1) is 14.0. The van der Waals surface area contributed by atoms with Gasteiger partial charge in [0.25, 0.3) is 0 Å². The van der Waals surface area contributed by atoms with E-state index in [0.29, 0.717) is 5.13 Å². The van der Waals surface area contributed by atoms with Crippen LogP contribution < -0.4 is 5.32 Å². The number of hydrogen-bond acceptors (Lipinski definition) is 4. The van der Waals surface area contributed by atoms with Gasteiger partial charge in [-0.15, -0.1) is 11.3 Å². The molecule has 1 amide bonds. The first kappa shape index (κ1) is 19.7. The summed E-state index contributed by atoms with van der Waals surface area (Å²) in [4.78, 5) is 20.7. The Morgan fingerprint density at radius 3 is 2.55 bits per heavy atom. The fourth-order valence-corrected chi connectivity index (χ4v) is 4.81. The molecule has 3 aromatic rings. The van der Waals surface area contributed by atoms with Crippen molar-refractivity contribution in [1.29, 1.82) is 0 Å². The number of aromatic nitrogens is 1. The zero-order valence-corrected chi connectivity index (χ0v) is 17.4. The van der Waals surface area contributed by atoms with Crippen molar-refractivity contribution in [2.24, 2.45) is 0 Å². The number of anilines is 1. The third-order valence-electron chi connectivity index (χ3n) is 5.25. The maximum absolute atomic E-state index is 13.0. The molecule has 4 nitrogen and oxygen atoms in total. The molecule has 0 radical (unpaired) electrons. The third-order valence-corrected chi connectivity index (χ3v) is 6.22. The Morgan fingerprint density at radius 1 is 1.17 bits per heavy atom. The van der Waals surface area contributed by atoms with Crippen LogP contribution in [0, 0.1) is 12.7 Å². The van der Waals surface area contributed by atoms with Crippen molar-refractivity contribution in [3.63, 3.8) is 0 Å². The van der Waals surface area contributed by atoms with Gasteiger partial charge < -0.3 is 5.32 Å². The van der Waals surface area contributed by atoms with Crippen LogP contribution in [0.25, 0.3) is 0 Å². The molecule has 150 valence electrons. The van der Waals surface area contributed by atoms with Gasteiger partial charge in [-0.05, 0) is 36.6 Å². The van der Waals surface area contributed by atoms with E-state index in [1.807, 2.05) is 0 Å². The van der Waals surface area contributed by atoms with Crippen molar-refractivity contribution < 1.29 is 9.18 Å². The molecule has 2 aromatic carbocycles. The number of benzene rings is 2. The van der Waals surface area contributed by atoms with E-state index in [0.717, 1.165) is 30.8 Å². The normalized spacial score (nSPS) is 16.0. The van der Waals surface area contributed by atoms with Crippen LogP contribution in [0.4, 0.5) is 9.52 Å². The predicted molar refractivity (Wildman–Crippen MR) is 114 cm³/mol. The largest absolute Gasteiger partial charge is 0.302 e.